The molecule has 0 fully saturated rings. The molecule has 0 saturated carbocycles. The summed E-state index contributed by atoms with van der Waals surface area (Å²) in [5.74, 6) is 2.78. The quantitative estimate of drug-likeness (QED) is 0.0730. The summed E-state index contributed by atoms with van der Waals surface area (Å²) in [4.78, 5) is 13.8. The van der Waals surface area contributed by atoms with Crippen LogP contribution < -0.4 is 28.6 Å². The predicted octanol–water partition coefficient (Wildman–Crippen LogP) is 10.8. The van der Waals surface area contributed by atoms with Crippen LogP contribution in [0.1, 0.15) is 45.7 Å². The second-order valence-electron chi connectivity index (χ2n) is 13.2. The fraction of sp³-hybridized carbons (Fsp3) is 0.273. The van der Waals surface area contributed by atoms with Crippen molar-refractivity contribution in [2.24, 2.45) is 5.92 Å². The Hall–Kier alpha value is -5.44. The van der Waals surface area contributed by atoms with Crippen LogP contribution in [-0.4, -0.2) is 30.6 Å². The Balaban J connectivity index is 1.64. The Kier molecular flexibility index (Phi) is 11.4. The van der Waals surface area contributed by atoms with Crippen LogP contribution in [0.4, 0.5) is 0 Å². The Bertz CT molecular complexity index is 2090. The van der Waals surface area contributed by atoms with Crippen molar-refractivity contribution >= 4 is 21.5 Å². The molecule has 0 heterocycles. The van der Waals surface area contributed by atoms with E-state index in [2.05, 4.69) is 0 Å². The van der Waals surface area contributed by atoms with Crippen molar-refractivity contribution in [3.8, 4) is 34.5 Å². The van der Waals surface area contributed by atoms with E-state index in [4.69, 9.17) is 33.4 Å². The third-order valence-corrected chi connectivity index (χ3v) is 8.12. The van der Waals surface area contributed by atoms with Gasteiger partial charge in [-0.15, -0.1) is 0 Å². The number of benzene rings is 6. The van der Waals surface area contributed by atoms with Gasteiger partial charge in [-0.1, -0.05) is 105 Å². The molecule has 1 unspecified atom stereocenters. The van der Waals surface area contributed by atoms with Crippen LogP contribution in [0.2, 0.25) is 0 Å². The molecule has 52 heavy (non-hydrogen) atoms. The first-order chi connectivity index (χ1) is 25.2. The van der Waals surface area contributed by atoms with Gasteiger partial charge in [0.2, 0.25) is 11.5 Å². The molecule has 0 spiro atoms. The summed E-state index contributed by atoms with van der Waals surface area (Å²) in [6.07, 6.45) is -2.39. The summed E-state index contributed by atoms with van der Waals surface area (Å²) >= 11 is 0. The number of ether oxygens (including phenoxy) is 5. The lowest BCUT2D eigenvalue weighted by Gasteiger charge is -2.39. The predicted molar refractivity (Wildman–Crippen MR) is 205 cm³/mol. The van der Waals surface area contributed by atoms with E-state index in [-0.39, 0.29) is 18.6 Å². The van der Waals surface area contributed by atoms with Crippen LogP contribution >= 0.6 is 0 Å². The fourth-order valence-electron chi connectivity index (χ4n) is 5.80. The Morgan fingerprint density at radius 1 is 0.615 bits per heavy atom. The lowest BCUT2D eigenvalue weighted by atomic mass is 10.0. The molecule has 0 saturated heterocycles. The van der Waals surface area contributed by atoms with Crippen molar-refractivity contribution in [3.63, 3.8) is 0 Å². The first kappa shape index (κ1) is 36.4. The van der Waals surface area contributed by atoms with Crippen LogP contribution in [0.3, 0.4) is 0 Å². The molecule has 0 radical (unpaired) electrons. The van der Waals surface area contributed by atoms with Crippen LogP contribution in [0.15, 0.2) is 121 Å². The lowest BCUT2D eigenvalue weighted by Crippen LogP contribution is -2.62. The van der Waals surface area contributed by atoms with Crippen molar-refractivity contribution in [2.45, 2.75) is 60.7 Å². The summed E-state index contributed by atoms with van der Waals surface area (Å²) < 4.78 is 33.4. The number of hydrogen-bond acceptors (Lipinski definition) is 8. The summed E-state index contributed by atoms with van der Waals surface area (Å²) in [6, 6.07) is 38.7. The normalized spacial score (nSPS) is 12.7. The van der Waals surface area contributed by atoms with E-state index in [0.717, 1.165) is 37.9 Å². The Labute approximate surface area is 306 Å². The van der Waals surface area contributed by atoms with Crippen LogP contribution in [0.25, 0.3) is 21.5 Å². The van der Waals surface area contributed by atoms with Crippen molar-refractivity contribution in [3.05, 3.63) is 132 Å². The maximum atomic E-state index is 7.03. The Morgan fingerprint density at radius 2 is 1.27 bits per heavy atom. The van der Waals surface area contributed by atoms with E-state index in [1.165, 1.54) is 0 Å². The van der Waals surface area contributed by atoms with Crippen molar-refractivity contribution in [2.75, 3.05) is 13.2 Å². The van der Waals surface area contributed by atoms with Gasteiger partial charge < -0.3 is 28.6 Å². The molecule has 0 N–H and O–H groups in total. The van der Waals surface area contributed by atoms with Gasteiger partial charge >= 0.3 is 6.10 Å². The minimum atomic E-state index is -2.17. The Morgan fingerprint density at radius 3 is 1.98 bits per heavy atom. The zero-order chi connectivity index (χ0) is 36.7. The van der Waals surface area contributed by atoms with Gasteiger partial charge in [0.05, 0.1) is 19.3 Å². The third-order valence-electron chi connectivity index (χ3n) is 8.12. The molecule has 0 aromatic heterocycles. The topological polar surface area (TPSA) is 67.9 Å². The molecular formula is C44H47NO7. The highest BCUT2D eigenvalue weighted by Gasteiger charge is 2.52. The molecule has 8 nitrogen and oxygen atoms in total. The molecule has 6 rings (SSSR count). The molecule has 6 aromatic rings. The zero-order valence-electron chi connectivity index (χ0n) is 30.9. The number of rotatable bonds is 16. The maximum absolute atomic E-state index is 7.03. The van der Waals surface area contributed by atoms with E-state index >= 15 is 0 Å². The van der Waals surface area contributed by atoms with E-state index in [0.29, 0.717) is 41.1 Å². The molecule has 0 aliphatic heterocycles. The number of nitrogens with zero attached hydrogens (tertiary/aromatic N) is 1. The largest absolute Gasteiger partial charge is 0.514 e. The molecule has 6 aromatic carbocycles. The second-order valence-corrected chi connectivity index (χ2v) is 13.2. The summed E-state index contributed by atoms with van der Waals surface area (Å²) in [7, 11) is 0. The number of aryl methyl sites for hydroxylation is 2. The summed E-state index contributed by atoms with van der Waals surface area (Å²) in [5.41, 5.74) is 1.90. The summed E-state index contributed by atoms with van der Waals surface area (Å²) in [5, 5.41) is 4.65. The molecule has 0 bridgehead atoms. The molecule has 0 aliphatic carbocycles. The van der Waals surface area contributed by atoms with Gasteiger partial charge in [-0.05, 0) is 87.2 Å². The van der Waals surface area contributed by atoms with Crippen LogP contribution in [0.5, 0.6) is 34.5 Å². The van der Waals surface area contributed by atoms with Crippen LogP contribution in [-0.2, 0) is 4.74 Å². The van der Waals surface area contributed by atoms with Gasteiger partial charge in [-0.25, -0.2) is 0 Å². The highest BCUT2D eigenvalue weighted by Crippen LogP contribution is 2.48. The monoisotopic (exact) mass is 701 g/mol. The van der Waals surface area contributed by atoms with E-state index in [9.17, 15) is 0 Å². The van der Waals surface area contributed by atoms with Gasteiger partial charge in [-0.3, -0.25) is 4.74 Å². The zero-order valence-corrected chi connectivity index (χ0v) is 30.9. The van der Waals surface area contributed by atoms with Crippen molar-refractivity contribution in [1.29, 1.82) is 0 Å². The van der Waals surface area contributed by atoms with Crippen molar-refractivity contribution in [1.82, 2.24) is 5.23 Å². The maximum Gasteiger partial charge on any atom is 0.514 e. The lowest BCUT2D eigenvalue weighted by molar-refractivity contribution is -0.507. The first-order valence-corrected chi connectivity index (χ1v) is 17.8. The van der Waals surface area contributed by atoms with Gasteiger partial charge in [0.25, 0.3) is 0 Å². The molecule has 8 heteroatoms. The number of hydroxylamine groups is 2. The standard InChI is InChI=1S/C44H47NO7/c1-8-46-41-33(7)37-24-14-15-26-39(37)42(43(41)48-31(4)5)52-45(51-36-23-16-18-32(6)28-36)44(47-29-30(2)3,49-35-21-10-9-11-22-35)50-40-27-17-20-34-19-12-13-25-38(34)40/h9-28,30-31H,8,29H2,1-7H3. The van der Waals surface area contributed by atoms with Gasteiger partial charge in [0, 0.05) is 16.3 Å². The smallest absolute Gasteiger partial charge is 0.490 e. The first-order valence-electron chi connectivity index (χ1n) is 17.8. The fourth-order valence-corrected chi connectivity index (χ4v) is 5.80. The number of fused-ring (bicyclic) bond motifs is 2. The molecule has 0 aliphatic rings. The highest BCUT2D eigenvalue weighted by molar-refractivity contribution is 5.96. The van der Waals surface area contributed by atoms with Gasteiger partial charge in [0.15, 0.2) is 11.5 Å². The summed E-state index contributed by atoms with van der Waals surface area (Å²) in [6.45, 7) is 14.6. The number of hydrogen-bond donors (Lipinski definition) is 0. The van der Waals surface area contributed by atoms with E-state index in [1.54, 1.807) is 0 Å². The molecular weight excluding hydrogens is 654 g/mol. The minimum absolute atomic E-state index is 0.0697. The van der Waals surface area contributed by atoms with Crippen molar-refractivity contribution < 1.29 is 33.4 Å². The second kappa shape index (κ2) is 16.3. The minimum Gasteiger partial charge on any atom is -0.490 e. The van der Waals surface area contributed by atoms with E-state index in [1.807, 2.05) is 170 Å². The van der Waals surface area contributed by atoms with Gasteiger partial charge in [0.1, 0.15) is 16.7 Å². The third kappa shape index (κ3) is 8.20. The van der Waals surface area contributed by atoms with Gasteiger partial charge in [-0.2, -0.15) is 0 Å². The average molecular weight is 702 g/mol. The van der Waals surface area contributed by atoms with Crippen LogP contribution in [0, 0.1) is 19.8 Å². The SMILES string of the molecule is CCOc1c(OC(C)C)c(ON(Oc2cccc(C)c2)C(OCC(C)C)(Oc2ccccc2)Oc2cccc3ccccc23)c2ccccc2c1C. The van der Waals surface area contributed by atoms with E-state index < -0.39 is 6.10 Å². The molecule has 1 atom stereocenters. The average Bonchev–Trinajstić information content (AvgIpc) is 3.14. The number of para-hydroxylation sites is 1. The highest BCUT2D eigenvalue weighted by atomic mass is 17.1. The molecule has 270 valence electrons. The molecule has 0 amide bonds.